The highest BCUT2D eigenvalue weighted by Crippen LogP contribution is 2.39. The Kier molecular flexibility index (Phi) is 7.80. The molecule has 0 N–H and O–H groups in total. The van der Waals surface area contributed by atoms with Gasteiger partial charge in [0.2, 0.25) is 0 Å². The maximum atomic E-state index is 15.0. The van der Waals surface area contributed by atoms with E-state index in [2.05, 4.69) is 31.0 Å². The number of aromatic nitrogens is 1. The van der Waals surface area contributed by atoms with E-state index in [4.69, 9.17) is 0 Å². The van der Waals surface area contributed by atoms with E-state index in [0.29, 0.717) is 17.4 Å². The largest absolute Gasteiger partial charge is 0.256 e. The van der Waals surface area contributed by atoms with E-state index < -0.39 is 0 Å². The molecule has 2 heteroatoms. The molecule has 2 fully saturated rings. The molecule has 2 aromatic rings. The summed E-state index contributed by atoms with van der Waals surface area (Å²) in [7, 11) is 0. The summed E-state index contributed by atoms with van der Waals surface area (Å²) in [6, 6.07) is 10.1. The summed E-state index contributed by atoms with van der Waals surface area (Å²) in [5.41, 5.74) is 3.91. The van der Waals surface area contributed by atoms with E-state index in [1.807, 2.05) is 18.3 Å². The quantitative estimate of drug-likeness (QED) is 0.434. The lowest BCUT2D eigenvalue weighted by Crippen LogP contribution is -2.13. The van der Waals surface area contributed by atoms with E-state index in [1.165, 1.54) is 88.2 Å². The van der Waals surface area contributed by atoms with Gasteiger partial charge in [0.25, 0.3) is 0 Å². The number of rotatable bonds is 7. The molecule has 31 heavy (non-hydrogen) atoms. The highest BCUT2D eigenvalue weighted by atomic mass is 19.1. The molecule has 0 unspecified atom stereocenters. The van der Waals surface area contributed by atoms with Gasteiger partial charge < -0.3 is 0 Å². The molecule has 1 aromatic heterocycles. The number of hydrogen-bond donors (Lipinski definition) is 0. The van der Waals surface area contributed by atoms with Crippen LogP contribution in [0.15, 0.2) is 36.5 Å². The number of nitrogens with zero attached hydrogens (tertiary/aromatic N) is 1. The number of pyridine rings is 1. The molecule has 0 amide bonds. The molecule has 2 saturated carbocycles. The highest BCUT2D eigenvalue weighted by Gasteiger charge is 2.24. The molecule has 0 atom stereocenters. The van der Waals surface area contributed by atoms with Crippen LogP contribution in [0.4, 0.5) is 4.39 Å². The van der Waals surface area contributed by atoms with Crippen LogP contribution in [0.2, 0.25) is 0 Å². The summed E-state index contributed by atoms with van der Waals surface area (Å²) < 4.78 is 15.0. The SMILES string of the molecule is CCCCC1CCC(c2ccc(-c3ccc(C4CCC(CC)CC4)cc3F)nc2)CC1. The zero-order chi connectivity index (χ0) is 21.6. The Morgan fingerprint density at radius 2 is 1.45 bits per heavy atom. The Balaban J connectivity index is 1.38. The molecule has 4 rings (SSSR count). The lowest BCUT2D eigenvalue weighted by molar-refractivity contribution is 0.304. The molecular formula is C29H40FN. The van der Waals surface area contributed by atoms with Crippen molar-refractivity contribution in [1.29, 1.82) is 0 Å². The molecule has 0 spiro atoms. The van der Waals surface area contributed by atoms with Crippen LogP contribution in [0.3, 0.4) is 0 Å². The molecular weight excluding hydrogens is 381 g/mol. The van der Waals surface area contributed by atoms with Crippen molar-refractivity contribution in [2.45, 2.75) is 103 Å². The van der Waals surface area contributed by atoms with Gasteiger partial charge in [-0.05, 0) is 104 Å². The van der Waals surface area contributed by atoms with Crippen molar-refractivity contribution in [2.75, 3.05) is 0 Å². The van der Waals surface area contributed by atoms with Gasteiger partial charge in [-0.15, -0.1) is 0 Å². The van der Waals surface area contributed by atoms with E-state index in [1.54, 1.807) is 6.07 Å². The van der Waals surface area contributed by atoms with Crippen LogP contribution in [0, 0.1) is 17.7 Å². The fraction of sp³-hybridized carbons (Fsp3) is 0.621. The van der Waals surface area contributed by atoms with Gasteiger partial charge in [-0.2, -0.15) is 0 Å². The topological polar surface area (TPSA) is 12.9 Å². The van der Waals surface area contributed by atoms with Gasteiger partial charge >= 0.3 is 0 Å². The van der Waals surface area contributed by atoms with Crippen LogP contribution in [0.5, 0.6) is 0 Å². The first kappa shape index (κ1) is 22.5. The molecule has 168 valence electrons. The first-order valence-electron chi connectivity index (χ1n) is 12.9. The standard InChI is InChI=1S/C29H40FN/c1-3-5-6-22-9-13-24(14-10-22)26-16-18-29(31-20-26)27-17-15-25(19-28(27)30)23-11-7-21(4-2)8-12-23/h15-24H,3-14H2,1-2H3. The second-order valence-corrected chi connectivity index (χ2v) is 10.2. The molecule has 2 aliphatic carbocycles. The summed E-state index contributed by atoms with van der Waals surface area (Å²) in [6.07, 6.45) is 17.6. The Bertz CT molecular complexity index is 811. The van der Waals surface area contributed by atoms with Crippen molar-refractivity contribution >= 4 is 0 Å². The molecule has 0 radical (unpaired) electrons. The minimum Gasteiger partial charge on any atom is -0.256 e. The van der Waals surface area contributed by atoms with Crippen molar-refractivity contribution in [3.8, 4) is 11.3 Å². The van der Waals surface area contributed by atoms with Crippen LogP contribution in [-0.4, -0.2) is 4.98 Å². The summed E-state index contributed by atoms with van der Waals surface area (Å²) in [4.78, 5) is 4.68. The Hall–Kier alpha value is -1.70. The van der Waals surface area contributed by atoms with Gasteiger partial charge in [0.05, 0.1) is 5.69 Å². The zero-order valence-corrected chi connectivity index (χ0v) is 19.6. The Morgan fingerprint density at radius 3 is 2.03 bits per heavy atom. The highest BCUT2D eigenvalue weighted by molar-refractivity contribution is 5.60. The van der Waals surface area contributed by atoms with Gasteiger partial charge in [-0.1, -0.05) is 51.7 Å². The summed E-state index contributed by atoms with van der Waals surface area (Å²) in [5, 5.41) is 0. The van der Waals surface area contributed by atoms with Crippen molar-refractivity contribution in [2.24, 2.45) is 11.8 Å². The molecule has 1 aromatic carbocycles. The lowest BCUT2D eigenvalue weighted by atomic mass is 9.77. The maximum Gasteiger partial charge on any atom is 0.132 e. The predicted molar refractivity (Wildman–Crippen MR) is 129 cm³/mol. The maximum absolute atomic E-state index is 15.0. The van der Waals surface area contributed by atoms with E-state index in [9.17, 15) is 4.39 Å². The van der Waals surface area contributed by atoms with E-state index in [-0.39, 0.29) is 5.82 Å². The second kappa shape index (κ2) is 10.7. The zero-order valence-electron chi connectivity index (χ0n) is 19.6. The van der Waals surface area contributed by atoms with Gasteiger partial charge in [0.15, 0.2) is 0 Å². The van der Waals surface area contributed by atoms with Gasteiger partial charge in [-0.3, -0.25) is 4.98 Å². The fourth-order valence-electron chi connectivity index (χ4n) is 5.98. The number of unbranched alkanes of at least 4 members (excludes halogenated alkanes) is 1. The monoisotopic (exact) mass is 421 g/mol. The number of hydrogen-bond acceptors (Lipinski definition) is 1. The average molecular weight is 422 g/mol. The Labute approximate surface area is 188 Å². The Morgan fingerprint density at radius 1 is 0.806 bits per heavy atom. The molecule has 0 saturated heterocycles. The third kappa shape index (κ3) is 5.57. The molecule has 2 aliphatic rings. The van der Waals surface area contributed by atoms with E-state index >= 15 is 0 Å². The van der Waals surface area contributed by atoms with Crippen LogP contribution in [0.1, 0.15) is 114 Å². The number of benzene rings is 1. The molecule has 1 heterocycles. The predicted octanol–water partition coefficient (Wildman–Crippen LogP) is 9.04. The van der Waals surface area contributed by atoms with Gasteiger partial charge in [0, 0.05) is 11.8 Å². The van der Waals surface area contributed by atoms with Crippen molar-refractivity contribution in [1.82, 2.24) is 4.98 Å². The van der Waals surface area contributed by atoms with E-state index in [0.717, 1.165) is 17.5 Å². The minimum absolute atomic E-state index is 0.119. The molecule has 0 bridgehead atoms. The average Bonchev–Trinajstić information content (AvgIpc) is 2.83. The van der Waals surface area contributed by atoms with Crippen molar-refractivity contribution in [3.63, 3.8) is 0 Å². The van der Waals surface area contributed by atoms with Crippen LogP contribution in [0.25, 0.3) is 11.3 Å². The number of halogens is 1. The summed E-state index contributed by atoms with van der Waals surface area (Å²) in [6.45, 7) is 4.57. The normalized spacial score (nSPS) is 26.7. The molecule has 0 aliphatic heterocycles. The first-order chi connectivity index (χ1) is 15.2. The lowest BCUT2D eigenvalue weighted by Gasteiger charge is -2.28. The van der Waals surface area contributed by atoms with Gasteiger partial charge in [0.1, 0.15) is 5.82 Å². The first-order valence-corrected chi connectivity index (χ1v) is 12.9. The van der Waals surface area contributed by atoms with Crippen molar-refractivity contribution in [3.05, 3.63) is 53.5 Å². The van der Waals surface area contributed by atoms with Crippen LogP contribution >= 0.6 is 0 Å². The smallest absolute Gasteiger partial charge is 0.132 e. The second-order valence-electron chi connectivity index (χ2n) is 10.2. The van der Waals surface area contributed by atoms with Crippen LogP contribution in [-0.2, 0) is 0 Å². The summed E-state index contributed by atoms with van der Waals surface area (Å²) >= 11 is 0. The fourth-order valence-corrected chi connectivity index (χ4v) is 5.98. The van der Waals surface area contributed by atoms with Gasteiger partial charge in [-0.25, -0.2) is 4.39 Å². The van der Waals surface area contributed by atoms with Crippen LogP contribution < -0.4 is 0 Å². The third-order valence-corrected chi connectivity index (χ3v) is 8.24. The molecule has 1 nitrogen and oxygen atoms in total. The summed E-state index contributed by atoms with van der Waals surface area (Å²) in [5.74, 6) is 2.83. The minimum atomic E-state index is -0.119. The third-order valence-electron chi connectivity index (χ3n) is 8.24. The van der Waals surface area contributed by atoms with Crippen molar-refractivity contribution < 1.29 is 4.39 Å².